The lowest BCUT2D eigenvalue weighted by molar-refractivity contribution is -0.260. The number of rotatable bonds is 10. The molecule has 3 aromatic rings. The summed E-state index contributed by atoms with van der Waals surface area (Å²) in [6, 6.07) is 17.8. The zero-order chi connectivity index (χ0) is 30.6. The monoisotopic (exact) mass is 609 g/mol. The molecule has 5 rings (SSSR count). The minimum Gasteiger partial charge on any atom is -0.448 e. The van der Waals surface area contributed by atoms with E-state index in [-0.39, 0.29) is 29.4 Å². The highest BCUT2D eigenvalue weighted by molar-refractivity contribution is 7.13. The third-order valence-corrected chi connectivity index (χ3v) is 7.52. The highest BCUT2D eigenvalue weighted by Crippen LogP contribution is 2.39. The summed E-state index contributed by atoms with van der Waals surface area (Å²) < 4.78 is 11.4. The van der Waals surface area contributed by atoms with Gasteiger partial charge in [0.2, 0.25) is 0 Å². The number of benzene rings is 2. The number of cyclic esters (lactones) is 1. The Kier molecular flexibility index (Phi) is 8.38. The fourth-order valence-electron chi connectivity index (χ4n) is 4.68. The molecule has 2 unspecified atom stereocenters. The maximum Gasteiger partial charge on any atom is 0.376 e. The molecular weight excluding hydrogens is 582 g/mol. The normalized spacial score (nSPS) is 22.0. The van der Waals surface area contributed by atoms with Gasteiger partial charge in [0, 0.05) is 11.8 Å². The van der Waals surface area contributed by atoms with Crippen LogP contribution in [-0.2, 0) is 38.3 Å². The third kappa shape index (κ3) is 5.64. The summed E-state index contributed by atoms with van der Waals surface area (Å²) in [5, 5.41) is 18.6. The summed E-state index contributed by atoms with van der Waals surface area (Å²) in [5.74, 6) is -3.86. The molecule has 14 nitrogen and oxygen atoms in total. The first-order chi connectivity index (χ1) is 20.7. The first-order valence-corrected chi connectivity index (χ1v) is 13.9. The van der Waals surface area contributed by atoms with E-state index in [1.165, 1.54) is 12.5 Å². The average Bonchev–Trinajstić information content (AvgIpc) is 3.72. The Labute approximate surface area is 248 Å². The minimum absolute atomic E-state index is 0.0656. The molecule has 2 amide bonds. The standard InChI is InChI=1S/C28H27N5O9S/c1-39-32-21(19-14-43-26(29)30-19)23(36)31-27(15-34)16-40-33(24(27)37)28(13-12-20(35)42-28)25(38)41-22(17-8-4-2-5-9-17)18-10-6-3-7-11-18/h2-11,14,22,34H,12-13,15-16H2,1H3,(H2,29,30)(H,31,36)/b32-21+. The van der Waals surface area contributed by atoms with E-state index < -0.39 is 54.3 Å². The van der Waals surface area contributed by atoms with E-state index in [0.717, 1.165) is 11.3 Å². The van der Waals surface area contributed by atoms with Gasteiger partial charge in [0.05, 0.1) is 13.0 Å². The number of hydrogen-bond donors (Lipinski definition) is 3. The van der Waals surface area contributed by atoms with Crippen LogP contribution in [0.1, 0.15) is 35.8 Å². The number of esters is 2. The maximum absolute atomic E-state index is 13.9. The molecule has 0 bridgehead atoms. The van der Waals surface area contributed by atoms with E-state index >= 15 is 0 Å². The Balaban J connectivity index is 1.44. The van der Waals surface area contributed by atoms with Gasteiger partial charge in [-0.05, 0) is 11.1 Å². The number of nitrogens with two attached hydrogens (primary N) is 1. The first-order valence-electron chi connectivity index (χ1n) is 13.0. The molecule has 0 spiro atoms. The molecular formula is C28H27N5O9S. The van der Waals surface area contributed by atoms with Crippen LogP contribution in [0.2, 0.25) is 0 Å². The number of carbonyl (C=O) groups is 4. The fraction of sp³-hybridized carbons (Fsp3) is 0.286. The number of anilines is 1. The number of nitrogens with zero attached hydrogens (tertiary/aromatic N) is 3. The number of aromatic nitrogens is 1. The van der Waals surface area contributed by atoms with Gasteiger partial charge in [-0.3, -0.25) is 19.2 Å². The van der Waals surface area contributed by atoms with Crippen LogP contribution < -0.4 is 11.1 Å². The minimum atomic E-state index is -2.33. The lowest BCUT2D eigenvalue weighted by Gasteiger charge is -2.34. The summed E-state index contributed by atoms with van der Waals surface area (Å²) in [4.78, 5) is 67.8. The maximum atomic E-state index is 13.9. The van der Waals surface area contributed by atoms with Crippen LogP contribution in [0.5, 0.6) is 0 Å². The summed E-state index contributed by atoms with van der Waals surface area (Å²) in [7, 11) is 1.21. The van der Waals surface area contributed by atoms with Crippen LogP contribution in [0.3, 0.4) is 0 Å². The molecule has 2 fully saturated rings. The summed E-state index contributed by atoms with van der Waals surface area (Å²) in [6.45, 7) is -1.55. The zero-order valence-corrected chi connectivity index (χ0v) is 23.6. The number of hydrogen-bond acceptors (Lipinski definition) is 13. The molecule has 0 saturated carbocycles. The first kappa shape index (κ1) is 29.6. The molecule has 2 saturated heterocycles. The average molecular weight is 610 g/mol. The molecule has 1 aromatic heterocycles. The SMILES string of the molecule is CO/N=C(/C(=O)NC1(CO)CON(C2(C(=O)OC(c3ccccc3)c3ccccc3)CCC(=O)O2)C1=O)c1csc(N)n1. The van der Waals surface area contributed by atoms with Crippen LogP contribution in [0.4, 0.5) is 5.13 Å². The highest BCUT2D eigenvalue weighted by Gasteiger charge is 2.64. The number of ether oxygens (including phenoxy) is 2. The van der Waals surface area contributed by atoms with Crippen LogP contribution in [0.15, 0.2) is 71.2 Å². The second-order valence-electron chi connectivity index (χ2n) is 9.63. The Bertz CT molecular complexity index is 1510. The second-order valence-corrected chi connectivity index (χ2v) is 10.5. The van der Waals surface area contributed by atoms with Gasteiger partial charge in [-0.2, -0.15) is 5.06 Å². The van der Waals surface area contributed by atoms with Crippen LogP contribution in [0, 0.1) is 0 Å². The van der Waals surface area contributed by atoms with Crippen molar-refractivity contribution in [3.8, 4) is 0 Å². The quantitative estimate of drug-likeness (QED) is 0.169. The predicted molar refractivity (Wildman–Crippen MR) is 150 cm³/mol. The summed E-state index contributed by atoms with van der Waals surface area (Å²) in [5.41, 5.74) is 2.24. The lowest BCUT2D eigenvalue weighted by atomic mass is 9.99. The number of nitrogen functional groups attached to an aromatic ring is 1. The molecule has 43 heavy (non-hydrogen) atoms. The molecule has 2 aliphatic rings. The Morgan fingerprint density at radius 3 is 2.33 bits per heavy atom. The van der Waals surface area contributed by atoms with Crippen molar-refractivity contribution in [3.63, 3.8) is 0 Å². The highest BCUT2D eigenvalue weighted by atomic mass is 32.1. The van der Waals surface area contributed by atoms with Crippen molar-refractivity contribution in [2.75, 3.05) is 26.1 Å². The molecule has 224 valence electrons. The number of aliphatic hydroxyl groups is 1. The molecule has 2 aliphatic heterocycles. The molecule has 0 aliphatic carbocycles. The van der Waals surface area contributed by atoms with E-state index in [0.29, 0.717) is 16.2 Å². The molecule has 3 heterocycles. The summed E-state index contributed by atoms with van der Waals surface area (Å²) >= 11 is 1.05. The molecule has 2 atom stereocenters. The number of carbonyl (C=O) groups excluding carboxylic acids is 4. The van der Waals surface area contributed by atoms with Crippen LogP contribution >= 0.6 is 11.3 Å². The Hall–Kier alpha value is -4.86. The van der Waals surface area contributed by atoms with E-state index in [2.05, 4.69) is 15.5 Å². The number of nitrogens with one attached hydrogen (secondary N) is 1. The van der Waals surface area contributed by atoms with Gasteiger partial charge in [-0.1, -0.05) is 65.8 Å². The van der Waals surface area contributed by atoms with Gasteiger partial charge in [-0.15, -0.1) is 11.3 Å². The second kappa shape index (κ2) is 12.2. The number of hydroxylamine groups is 2. The largest absolute Gasteiger partial charge is 0.448 e. The van der Waals surface area contributed by atoms with E-state index in [1.54, 1.807) is 60.7 Å². The number of thiazole rings is 1. The van der Waals surface area contributed by atoms with Crippen LogP contribution in [-0.4, -0.2) is 76.2 Å². The van der Waals surface area contributed by atoms with Gasteiger partial charge in [-0.25, -0.2) is 9.78 Å². The lowest BCUT2D eigenvalue weighted by Crippen LogP contribution is -2.63. The summed E-state index contributed by atoms with van der Waals surface area (Å²) in [6.07, 6.45) is -1.45. The molecule has 15 heteroatoms. The Morgan fingerprint density at radius 2 is 1.81 bits per heavy atom. The van der Waals surface area contributed by atoms with Gasteiger partial charge >= 0.3 is 17.7 Å². The van der Waals surface area contributed by atoms with Crippen molar-refractivity contribution in [2.24, 2.45) is 5.16 Å². The number of amides is 2. The van der Waals surface area contributed by atoms with Crippen molar-refractivity contribution >= 4 is 45.9 Å². The van der Waals surface area contributed by atoms with Gasteiger partial charge < -0.3 is 30.5 Å². The number of aliphatic hydroxyl groups excluding tert-OH is 1. The van der Waals surface area contributed by atoms with Crippen molar-refractivity contribution in [2.45, 2.75) is 30.2 Å². The smallest absolute Gasteiger partial charge is 0.376 e. The predicted octanol–water partition coefficient (Wildman–Crippen LogP) is 1.06. The molecule has 2 aromatic carbocycles. The van der Waals surface area contributed by atoms with Gasteiger partial charge in [0.1, 0.15) is 19.4 Å². The van der Waals surface area contributed by atoms with Crippen molar-refractivity contribution < 1.29 is 43.4 Å². The van der Waals surface area contributed by atoms with Gasteiger partial charge in [0.25, 0.3) is 11.8 Å². The van der Waals surface area contributed by atoms with Gasteiger partial charge in [0.15, 0.2) is 22.5 Å². The molecule has 4 N–H and O–H groups in total. The van der Waals surface area contributed by atoms with Crippen molar-refractivity contribution in [1.82, 2.24) is 15.4 Å². The van der Waals surface area contributed by atoms with E-state index in [1.807, 2.05) is 0 Å². The van der Waals surface area contributed by atoms with Crippen molar-refractivity contribution in [3.05, 3.63) is 82.9 Å². The zero-order valence-electron chi connectivity index (χ0n) is 22.8. The number of oxime groups is 1. The topological polar surface area (TPSA) is 192 Å². The van der Waals surface area contributed by atoms with Crippen molar-refractivity contribution in [1.29, 1.82) is 0 Å². The fourth-order valence-corrected chi connectivity index (χ4v) is 5.23. The molecule has 0 radical (unpaired) electrons. The third-order valence-electron chi connectivity index (χ3n) is 6.85. The Morgan fingerprint density at radius 1 is 1.16 bits per heavy atom. The van der Waals surface area contributed by atoms with E-state index in [9.17, 15) is 24.3 Å². The van der Waals surface area contributed by atoms with Crippen LogP contribution in [0.25, 0.3) is 0 Å². The van der Waals surface area contributed by atoms with E-state index in [4.69, 9.17) is 24.9 Å².